The summed E-state index contributed by atoms with van der Waals surface area (Å²) in [6, 6.07) is 6.36. The number of nitrogen functional groups attached to an aromatic ring is 1. The average Bonchev–Trinajstić information content (AvgIpc) is 2.82. The van der Waals surface area contributed by atoms with Crippen molar-refractivity contribution in [1.82, 2.24) is 4.90 Å². The fourth-order valence-corrected chi connectivity index (χ4v) is 3.67. The zero-order chi connectivity index (χ0) is 13.9. The number of likely N-dealkylation sites (tertiary alicyclic amines) is 1. The molecule has 3 nitrogen and oxygen atoms in total. The molecule has 0 radical (unpaired) electrons. The number of hydrogen-bond acceptors (Lipinski definition) is 3. The maximum Gasteiger partial charge on any atom is 0.0420 e. The minimum absolute atomic E-state index is 0.885. The standard InChI is InChI=1S/C17H27N3/c1-14-4-2-8-19(13-14)9-3-10-20-11-7-15-5-6-16(18)12-17(15)20/h5-6,12,14H,2-4,7-11,13,18H2,1H3. The lowest BCUT2D eigenvalue weighted by molar-refractivity contribution is 0.183. The molecule has 1 unspecified atom stereocenters. The molecular weight excluding hydrogens is 246 g/mol. The van der Waals surface area contributed by atoms with Crippen LogP contribution >= 0.6 is 0 Å². The van der Waals surface area contributed by atoms with Crippen LogP contribution in [0.15, 0.2) is 18.2 Å². The van der Waals surface area contributed by atoms with Crippen molar-refractivity contribution < 1.29 is 0 Å². The first-order chi connectivity index (χ1) is 9.72. The lowest BCUT2D eigenvalue weighted by Crippen LogP contribution is -2.36. The van der Waals surface area contributed by atoms with E-state index in [-0.39, 0.29) is 0 Å². The van der Waals surface area contributed by atoms with Gasteiger partial charge in [0.15, 0.2) is 0 Å². The van der Waals surface area contributed by atoms with Crippen molar-refractivity contribution in [2.45, 2.75) is 32.6 Å². The first-order valence-corrected chi connectivity index (χ1v) is 8.08. The molecule has 0 amide bonds. The predicted molar refractivity (Wildman–Crippen MR) is 86.2 cm³/mol. The van der Waals surface area contributed by atoms with Crippen LogP contribution < -0.4 is 10.6 Å². The van der Waals surface area contributed by atoms with Gasteiger partial charge in [-0.15, -0.1) is 0 Å². The van der Waals surface area contributed by atoms with Crippen LogP contribution in [0.25, 0.3) is 0 Å². The molecule has 1 aromatic rings. The van der Waals surface area contributed by atoms with Gasteiger partial charge in [-0.3, -0.25) is 0 Å². The molecule has 2 N–H and O–H groups in total. The predicted octanol–water partition coefficient (Wildman–Crippen LogP) is 2.75. The number of hydrogen-bond donors (Lipinski definition) is 1. The van der Waals surface area contributed by atoms with E-state index in [1.807, 2.05) is 6.07 Å². The Morgan fingerprint density at radius 3 is 3.00 bits per heavy atom. The molecule has 0 spiro atoms. The molecule has 1 fully saturated rings. The van der Waals surface area contributed by atoms with Crippen LogP contribution in [0.3, 0.4) is 0 Å². The van der Waals surface area contributed by atoms with Crippen molar-refractivity contribution in [1.29, 1.82) is 0 Å². The summed E-state index contributed by atoms with van der Waals surface area (Å²) in [5, 5.41) is 0. The second-order valence-electron chi connectivity index (χ2n) is 6.53. The molecule has 1 aromatic carbocycles. The maximum absolute atomic E-state index is 5.92. The third kappa shape index (κ3) is 3.09. The largest absolute Gasteiger partial charge is 0.399 e. The van der Waals surface area contributed by atoms with Crippen molar-refractivity contribution in [2.75, 3.05) is 43.4 Å². The molecule has 3 heteroatoms. The molecular formula is C17H27N3. The summed E-state index contributed by atoms with van der Waals surface area (Å²) in [7, 11) is 0. The molecule has 2 aliphatic rings. The van der Waals surface area contributed by atoms with E-state index in [1.165, 1.54) is 63.1 Å². The summed E-state index contributed by atoms with van der Waals surface area (Å²) >= 11 is 0. The fraction of sp³-hybridized carbons (Fsp3) is 0.647. The van der Waals surface area contributed by atoms with Gasteiger partial charge < -0.3 is 15.5 Å². The van der Waals surface area contributed by atoms with E-state index in [2.05, 4.69) is 28.9 Å². The van der Waals surface area contributed by atoms with Gasteiger partial charge in [0.2, 0.25) is 0 Å². The average molecular weight is 273 g/mol. The highest BCUT2D eigenvalue weighted by molar-refractivity contribution is 5.64. The first kappa shape index (κ1) is 13.7. The van der Waals surface area contributed by atoms with Gasteiger partial charge in [-0.1, -0.05) is 13.0 Å². The molecule has 2 heterocycles. The van der Waals surface area contributed by atoms with Gasteiger partial charge in [-0.2, -0.15) is 0 Å². The van der Waals surface area contributed by atoms with Crippen molar-refractivity contribution >= 4 is 11.4 Å². The summed E-state index contributed by atoms with van der Waals surface area (Å²) in [6.07, 6.45) is 5.23. The molecule has 0 saturated carbocycles. The molecule has 110 valence electrons. The van der Waals surface area contributed by atoms with Crippen LogP contribution in [0, 0.1) is 5.92 Å². The van der Waals surface area contributed by atoms with Crippen LogP contribution in [0.5, 0.6) is 0 Å². The van der Waals surface area contributed by atoms with Crippen LogP contribution in [0.1, 0.15) is 31.7 Å². The lowest BCUT2D eigenvalue weighted by atomic mass is 10.0. The highest BCUT2D eigenvalue weighted by Crippen LogP contribution is 2.29. The molecule has 0 aliphatic carbocycles. The SMILES string of the molecule is CC1CCCN(CCCN2CCc3ccc(N)cc32)C1. The minimum Gasteiger partial charge on any atom is -0.399 e. The lowest BCUT2D eigenvalue weighted by Gasteiger charge is -2.31. The molecule has 1 saturated heterocycles. The van der Waals surface area contributed by atoms with Crippen LogP contribution in [0.2, 0.25) is 0 Å². The van der Waals surface area contributed by atoms with E-state index in [9.17, 15) is 0 Å². The van der Waals surface area contributed by atoms with Gasteiger partial charge in [-0.05, 0) is 62.4 Å². The number of benzene rings is 1. The number of nitrogens with zero attached hydrogens (tertiary/aromatic N) is 2. The normalized spacial score (nSPS) is 23.1. The molecule has 1 atom stereocenters. The zero-order valence-corrected chi connectivity index (χ0v) is 12.6. The molecule has 3 rings (SSSR count). The van der Waals surface area contributed by atoms with Crippen molar-refractivity contribution in [3.63, 3.8) is 0 Å². The second-order valence-corrected chi connectivity index (χ2v) is 6.53. The smallest absolute Gasteiger partial charge is 0.0420 e. The van der Waals surface area contributed by atoms with E-state index in [0.29, 0.717) is 0 Å². The Labute approximate surface area is 122 Å². The number of piperidine rings is 1. The molecule has 0 bridgehead atoms. The van der Waals surface area contributed by atoms with E-state index in [1.54, 1.807) is 0 Å². The summed E-state index contributed by atoms with van der Waals surface area (Å²) < 4.78 is 0. The summed E-state index contributed by atoms with van der Waals surface area (Å²) in [5.41, 5.74) is 9.64. The van der Waals surface area contributed by atoms with Gasteiger partial charge in [0.1, 0.15) is 0 Å². The topological polar surface area (TPSA) is 32.5 Å². The Hall–Kier alpha value is -1.22. The minimum atomic E-state index is 0.885. The summed E-state index contributed by atoms with van der Waals surface area (Å²) in [5.74, 6) is 0.885. The second kappa shape index (κ2) is 6.04. The third-order valence-electron chi connectivity index (χ3n) is 4.74. The Bertz CT molecular complexity index is 458. The van der Waals surface area contributed by atoms with Crippen molar-refractivity contribution in [2.24, 2.45) is 5.92 Å². The van der Waals surface area contributed by atoms with E-state index >= 15 is 0 Å². The van der Waals surface area contributed by atoms with Crippen LogP contribution in [0.4, 0.5) is 11.4 Å². The van der Waals surface area contributed by atoms with Crippen LogP contribution in [-0.2, 0) is 6.42 Å². The van der Waals surface area contributed by atoms with Crippen LogP contribution in [-0.4, -0.2) is 37.6 Å². The van der Waals surface area contributed by atoms with Gasteiger partial charge >= 0.3 is 0 Å². The Kier molecular flexibility index (Phi) is 4.16. The van der Waals surface area contributed by atoms with E-state index in [4.69, 9.17) is 5.73 Å². The third-order valence-corrected chi connectivity index (χ3v) is 4.74. The molecule has 0 aromatic heterocycles. The Balaban J connectivity index is 1.49. The van der Waals surface area contributed by atoms with Crippen molar-refractivity contribution in [3.8, 4) is 0 Å². The van der Waals surface area contributed by atoms with Gasteiger partial charge in [-0.25, -0.2) is 0 Å². The van der Waals surface area contributed by atoms with E-state index in [0.717, 1.165) is 18.2 Å². The Morgan fingerprint density at radius 2 is 2.15 bits per heavy atom. The number of rotatable bonds is 4. The molecule has 20 heavy (non-hydrogen) atoms. The number of nitrogens with two attached hydrogens (primary N) is 1. The van der Waals surface area contributed by atoms with E-state index < -0.39 is 0 Å². The number of fused-ring (bicyclic) bond motifs is 1. The summed E-state index contributed by atoms with van der Waals surface area (Å²) in [4.78, 5) is 5.16. The quantitative estimate of drug-likeness (QED) is 0.856. The van der Waals surface area contributed by atoms with Gasteiger partial charge in [0.25, 0.3) is 0 Å². The van der Waals surface area contributed by atoms with Gasteiger partial charge in [0, 0.05) is 31.0 Å². The zero-order valence-electron chi connectivity index (χ0n) is 12.6. The highest BCUT2D eigenvalue weighted by atomic mass is 15.2. The summed E-state index contributed by atoms with van der Waals surface area (Å²) in [6.45, 7) is 8.55. The fourth-order valence-electron chi connectivity index (χ4n) is 3.67. The number of anilines is 2. The van der Waals surface area contributed by atoms with Gasteiger partial charge in [0.05, 0.1) is 0 Å². The van der Waals surface area contributed by atoms with Crippen molar-refractivity contribution in [3.05, 3.63) is 23.8 Å². The monoisotopic (exact) mass is 273 g/mol. The first-order valence-electron chi connectivity index (χ1n) is 8.08. The highest BCUT2D eigenvalue weighted by Gasteiger charge is 2.20. The maximum atomic E-state index is 5.92. The Morgan fingerprint density at radius 1 is 1.25 bits per heavy atom. The molecule has 2 aliphatic heterocycles.